The summed E-state index contributed by atoms with van der Waals surface area (Å²) in [4.78, 5) is 24.5. The van der Waals surface area contributed by atoms with Gasteiger partial charge in [0.15, 0.2) is 0 Å². The molecule has 1 aromatic rings. The number of nitrogens with zero attached hydrogens (tertiary/aromatic N) is 1. The number of hydrogen-bond donors (Lipinski definition) is 1. The maximum Gasteiger partial charge on any atom is 0.261 e. The van der Waals surface area contributed by atoms with Crippen molar-refractivity contribution in [1.82, 2.24) is 4.90 Å². The molecule has 0 fully saturated rings. The molecule has 4 nitrogen and oxygen atoms in total. The van der Waals surface area contributed by atoms with E-state index < -0.39 is 17.9 Å². The molecule has 1 aliphatic rings. The highest BCUT2D eigenvalue weighted by Crippen LogP contribution is 2.22. The molecule has 16 heavy (non-hydrogen) atoms. The summed E-state index contributed by atoms with van der Waals surface area (Å²) in [7, 11) is 0. The lowest BCUT2D eigenvalue weighted by Gasteiger charge is -2.14. The first-order valence-corrected chi connectivity index (χ1v) is 4.74. The maximum absolute atomic E-state index is 11.8. The van der Waals surface area contributed by atoms with Crippen molar-refractivity contribution < 1.29 is 14.7 Å². The van der Waals surface area contributed by atoms with Gasteiger partial charge in [0.1, 0.15) is 6.10 Å². The molecule has 0 aliphatic carbocycles. The second-order valence-corrected chi connectivity index (χ2v) is 3.45. The summed E-state index contributed by atoms with van der Waals surface area (Å²) in [6.45, 7) is -0.164. The molecule has 1 unspecified atom stereocenters. The number of β-amino-alcohol motifs (C(OH)–C–C–N with tert-alkyl or cyclic N) is 1. The highest BCUT2D eigenvalue weighted by molar-refractivity contribution is 6.21. The molecular formula is C12H9NO3. The Labute approximate surface area is 92.5 Å². The van der Waals surface area contributed by atoms with E-state index in [1.165, 1.54) is 0 Å². The first kappa shape index (κ1) is 10.4. The van der Waals surface area contributed by atoms with Gasteiger partial charge in [0, 0.05) is 0 Å². The monoisotopic (exact) mass is 215 g/mol. The van der Waals surface area contributed by atoms with Crippen LogP contribution >= 0.6 is 0 Å². The molecule has 2 amide bonds. The third kappa shape index (κ3) is 1.47. The van der Waals surface area contributed by atoms with Gasteiger partial charge in [0.25, 0.3) is 11.8 Å². The Morgan fingerprint density at radius 1 is 1.25 bits per heavy atom. The van der Waals surface area contributed by atoms with Crippen LogP contribution in [0.5, 0.6) is 0 Å². The molecule has 1 aliphatic heterocycles. The van der Waals surface area contributed by atoms with Crippen molar-refractivity contribution in [3.63, 3.8) is 0 Å². The van der Waals surface area contributed by atoms with Gasteiger partial charge >= 0.3 is 0 Å². The van der Waals surface area contributed by atoms with E-state index in [4.69, 9.17) is 6.42 Å². The molecule has 80 valence electrons. The van der Waals surface area contributed by atoms with E-state index in [2.05, 4.69) is 5.92 Å². The zero-order valence-corrected chi connectivity index (χ0v) is 8.38. The number of aliphatic hydroxyl groups excluding tert-OH is 1. The Balaban J connectivity index is 2.33. The lowest BCUT2D eigenvalue weighted by molar-refractivity contribution is 0.0592. The second-order valence-electron chi connectivity index (χ2n) is 3.45. The predicted molar refractivity (Wildman–Crippen MR) is 56.6 cm³/mol. The van der Waals surface area contributed by atoms with E-state index in [9.17, 15) is 14.7 Å². The number of fused-ring (bicyclic) bond motifs is 1. The van der Waals surface area contributed by atoms with Crippen LogP contribution in [0.4, 0.5) is 0 Å². The normalized spacial score (nSPS) is 15.9. The van der Waals surface area contributed by atoms with Crippen molar-refractivity contribution in [3.8, 4) is 12.3 Å². The van der Waals surface area contributed by atoms with E-state index >= 15 is 0 Å². The van der Waals surface area contributed by atoms with Crippen LogP contribution in [0.15, 0.2) is 24.3 Å². The third-order valence-corrected chi connectivity index (χ3v) is 2.43. The summed E-state index contributed by atoms with van der Waals surface area (Å²) in [5.74, 6) is 1.25. The fourth-order valence-electron chi connectivity index (χ4n) is 1.63. The molecule has 1 N–H and O–H groups in total. The number of benzene rings is 1. The Kier molecular flexibility index (Phi) is 2.47. The molecule has 0 radical (unpaired) electrons. The number of amides is 2. The summed E-state index contributed by atoms with van der Waals surface area (Å²) in [5.41, 5.74) is 0.716. The number of carbonyl (C=O) groups excluding carboxylic acids is 2. The fourth-order valence-corrected chi connectivity index (χ4v) is 1.63. The Morgan fingerprint density at radius 2 is 1.75 bits per heavy atom. The molecular weight excluding hydrogens is 206 g/mol. The molecule has 0 bridgehead atoms. The van der Waals surface area contributed by atoms with Crippen LogP contribution in [0.1, 0.15) is 20.7 Å². The van der Waals surface area contributed by atoms with Crippen LogP contribution in [-0.4, -0.2) is 34.5 Å². The smallest absolute Gasteiger partial charge is 0.261 e. The molecule has 0 spiro atoms. The minimum Gasteiger partial charge on any atom is -0.378 e. The van der Waals surface area contributed by atoms with Crippen LogP contribution in [-0.2, 0) is 0 Å². The quantitative estimate of drug-likeness (QED) is 0.569. The topological polar surface area (TPSA) is 57.6 Å². The van der Waals surface area contributed by atoms with Gasteiger partial charge in [-0.15, -0.1) is 6.42 Å². The lowest BCUT2D eigenvalue weighted by Crippen LogP contribution is -2.36. The molecule has 1 atom stereocenters. The van der Waals surface area contributed by atoms with Crippen LogP contribution in [0.25, 0.3) is 0 Å². The first-order chi connectivity index (χ1) is 7.65. The van der Waals surface area contributed by atoms with Crippen molar-refractivity contribution in [1.29, 1.82) is 0 Å². The highest BCUT2D eigenvalue weighted by Gasteiger charge is 2.35. The second kappa shape index (κ2) is 3.80. The number of hydrogen-bond acceptors (Lipinski definition) is 3. The minimum absolute atomic E-state index is 0.164. The zero-order valence-electron chi connectivity index (χ0n) is 8.38. The summed E-state index contributed by atoms with van der Waals surface area (Å²) < 4.78 is 0. The lowest BCUT2D eigenvalue weighted by atomic mass is 10.1. The van der Waals surface area contributed by atoms with Gasteiger partial charge < -0.3 is 5.11 Å². The molecule has 0 saturated heterocycles. The summed E-state index contributed by atoms with van der Waals surface area (Å²) in [6.07, 6.45) is 3.87. The molecule has 1 heterocycles. The maximum atomic E-state index is 11.8. The standard InChI is InChI=1S/C12H9NO3/c1-2-8(14)7-13-11(15)9-5-3-4-6-10(9)12(13)16/h1,3-6,8,14H,7H2. The zero-order chi connectivity index (χ0) is 11.7. The van der Waals surface area contributed by atoms with E-state index in [1.54, 1.807) is 24.3 Å². The van der Waals surface area contributed by atoms with Gasteiger partial charge in [-0.25, -0.2) is 0 Å². The van der Waals surface area contributed by atoms with Gasteiger partial charge in [0.05, 0.1) is 17.7 Å². The average molecular weight is 215 g/mol. The van der Waals surface area contributed by atoms with Crippen molar-refractivity contribution >= 4 is 11.8 Å². The Bertz CT molecular complexity index is 466. The van der Waals surface area contributed by atoms with Crippen molar-refractivity contribution in [2.45, 2.75) is 6.10 Å². The molecule has 0 saturated carbocycles. The fraction of sp³-hybridized carbons (Fsp3) is 0.167. The van der Waals surface area contributed by atoms with Gasteiger partial charge in [-0.3, -0.25) is 14.5 Å². The molecule has 1 aromatic carbocycles. The number of carbonyl (C=O) groups is 2. The van der Waals surface area contributed by atoms with Gasteiger partial charge in [-0.2, -0.15) is 0 Å². The SMILES string of the molecule is C#CC(O)CN1C(=O)c2ccccc2C1=O. The summed E-state index contributed by atoms with van der Waals surface area (Å²) >= 11 is 0. The van der Waals surface area contributed by atoms with Crippen molar-refractivity contribution in [2.75, 3.05) is 6.54 Å². The number of terminal acetylenes is 1. The van der Waals surface area contributed by atoms with Gasteiger partial charge in [0.2, 0.25) is 0 Å². The van der Waals surface area contributed by atoms with Gasteiger partial charge in [-0.05, 0) is 12.1 Å². The molecule has 2 rings (SSSR count). The number of imide groups is 1. The van der Waals surface area contributed by atoms with E-state index in [0.717, 1.165) is 4.90 Å². The van der Waals surface area contributed by atoms with Crippen LogP contribution in [0.2, 0.25) is 0 Å². The largest absolute Gasteiger partial charge is 0.378 e. The highest BCUT2D eigenvalue weighted by atomic mass is 16.3. The first-order valence-electron chi connectivity index (χ1n) is 4.74. The molecule has 0 aromatic heterocycles. The number of rotatable bonds is 2. The van der Waals surface area contributed by atoms with E-state index in [1.807, 2.05) is 0 Å². The Morgan fingerprint density at radius 3 is 2.19 bits per heavy atom. The molecule has 4 heteroatoms. The van der Waals surface area contributed by atoms with E-state index in [-0.39, 0.29) is 6.54 Å². The van der Waals surface area contributed by atoms with Crippen LogP contribution in [0, 0.1) is 12.3 Å². The van der Waals surface area contributed by atoms with Gasteiger partial charge in [-0.1, -0.05) is 18.1 Å². The predicted octanol–water partition coefficient (Wildman–Crippen LogP) is 0.277. The van der Waals surface area contributed by atoms with E-state index in [0.29, 0.717) is 11.1 Å². The minimum atomic E-state index is -1.12. The number of aliphatic hydroxyl groups is 1. The van der Waals surface area contributed by atoms with Crippen molar-refractivity contribution in [2.24, 2.45) is 0 Å². The summed E-state index contributed by atoms with van der Waals surface area (Å²) in [6, 6.07) is 6.53. The van der Waals surface area contributed by atoms with Crippen LogP contribution < -0.4 is 0 Å². The average Bonchev–Trinajstić information content (AvgIpc) is 2.55. The van der Waals surface area contributed by atoms with Crippen molar-refractivity contribution in [3.05, 3.63) is 35.4 Å². The Hall–Kier alpha value is -2.12. The summed E-state index contributed by atoms with van der Waals surface area (Å²) in [5, 5.41) is 9.25. The third-order valence-electron chi connectivity index (χ3n) is 2.43. The van der Waals surface area contributed by atoms with Crippen LogP contribution in [0.3, 0.4) is 0 Å².